The van der Waals surface area contributed by atoms with E-state index in [0.717, 1.165) is 25.2 Å². The molecule has 122 valence electrons. The molecule has 0 aliphatic carbocycles. The van der Waals surface area contributed by atoms with Gasteiger partial charge < -0.3 is 14.2 Å². The van der Waals surface area contributed by atoms with Crippen molar-refractivity contribution in [3.8, 4) is 5.75 Å². The van der Waals surface area contributed by atoms with E-state index in [2.05, 4.69) is 36.4 Å². The highest BCUT2D eigenvalue weighted by atomic mass is 32.2. The monoisotopic (exact) mass is 330 g/mol. The molecule has 0 amide bonds. The van der Waals surface area contributed by atoms with Crippen molar-refractivity contribution in [3.05, 3.63) is 54.6 Å². The average molecular weight is 330 g/mol. The van der Waals surface area contributed by atoms with Gasteiger partial charge in [0.25, 0.3) is 0 Å². The third kappa shape index (κ3) is 5.57. The summed E-state index contributed by atoms with van der Waals surface area (Å²) in [4.78, 5) is 2.44. The largest absolute Gasteiger partial charge is 0.491 e. The predicted octanol–water partition coefficient (Wildman–Crippen LogP) is 4.76. The van der Waals surface area contributed by atoms with Crippen LogP contribution in [0.15, 0.2) is 64.4 Å². The molecule has 0 spiro atoms. The number of benzene rings is 2. The Labute approximate surface area is 142 Å². The van der Waals surface area contributed by atoms with Crippen LogP contribution in [0.1, 0.15) is 19.3 Å². The second kappa shape index (κ2) is 8.96. The Morgan fingerprint density at radius 1 is 0.913 bits per heavy atom. The third-order valence-corrected chi connectivity index (χ3v) is 4.61. The van der Waals surface area contributed by atoms with Crippen molar-refractivity contribution in [2.24, 2.45) is 0 Å². The Hall–Kier alpha value is -1.49. The number of hydrogen-bond donors (Lipinski definition) is 0. The van der Waals surface area contributed by atoms with Crippen molar-refractivity contribution in [2.45, 2.75) is 35.3 Å². The van der Waals surface area contributed by atoms with Crippen LogP contribution < -0.4 is 4.74 Å². The highest BCUT2D eigenvalue weighted by molar-refractivity contribution is 7.99. The number of rotatable bonds is 7. The molecular weight excluding hydrogens is 308 g/mol. The van der Waals surface area contributed by atoms with Crippen molar-refractivity contribution >= 4 is 11.8 Å². The van der Waals surface area contributed by atoms with Crippen LogP contribution in [-0.2, 0) is 9.47 Å². The summed E-state index contributed by atoms with van der Waals surface area (Å²) in [7, 11) is 0. The molecular formula is C19H22O3S. The highest BCUT2D eigenvalue weighted by Gasteiger charge is 2.13. The summed E-state index contributed by atoms with van der Waals surface area (Å²) in [6.45, 7) is 1.92. The van der Waals surface area contributed by atoms with Crippen molar-refractivity contribution in [2.75, 3.05) is 19.8 Å². The topological polar surface area (TPSA) is 27.7 Å². The minimum atomic E-state index is -0.0444. The van der Waals surface area contributed by atoms with Crippen molar-refractivity contribution in [1.29, 1.82) is 0 Å². The van der Waals surface area contributed by atoms with Crippen LogP contribution in [0, 0.1) is 0 Å². The van der Waals surface area contributed by atoms with Crippen LogP contribution >= 0.6 is 11.8 Å². The molecule has 2 aromatic carbocycles. The van der Waals surface area contributed by atoms with Crippen LogP contribution in [-0.4, -0.2) is 26.1 Å². The molecule has 0 N–H and O–H groups in total. The molecule has 0 radical (unpaired) electrons. The Kier molecular flexibility index (Phi) is 6.38. The fraction of sp³-hybridized carbons (Fsp3) is 0.368. The maximum absolute atomic E-state index is 5.71. The molecule has 0 bridgehead atoms. The summed E-state index contributed by atoms with van der Waals surface area (Å²) >= 11 is 1.75. The summed E-state index contributed by atoms with van der Waals surface area (Å²) in [5.74, 6) is 0.871. The summed E-state index contributed by atoms with van der Waals surface area (Å²) in [5, 5.41) is 0. The summed E-state index contributed by atoms with van der Waals surface area (Å²) < 4.78 is 16.9. The Balaban J connectivity index is 1.39. The van der Waals surface area contributed by atoms with E-state index in [4.69, 9.17) is 14.2 Å². The van der Waals surface area contributed by atoms with Gasteiger partial charge in [-0.05, 0) is 55.7 Å². The Morgan fingerprint density at radius 2 is 1.70 bits per heavy atom. The van der Waals surface area contributed by atoms with Gasteiger partial charge in [0.15, 0.2) is 6.29 Å². The van der Waals surface area contributed by atoms with Crippen LogP contribution in [0.4, 0.5) is 0 Å². The highest BCUT2D eigenvalue weighted by Crippen LogP contribution is 2.28. The van der Waals surface area contributed by atoms with Gasteiger partial charge in [0.2, 0.25) is 0 Å². The first-order chi connectivity index (χ1) is 11.4. The number of hydrogen-bond acceptors (Lipinski definition) is 4. The quantitative estimate of drug-likeness (QED) is 0.684. The maximum Gasteiger partial charge on any atom is 0.157 e. The molecule has 1 fully saturated rings. The minimum absolute atomic E-state index is 0.0444. The SMILES string of the molecule is c1ccc(Sc2ccc(OCCO[C@@H]3CCCCO3)cc2)cc1. The molecule has 1 saturated heterocycles. The lowest BCUT2D eigenvalue weighted by Crippen LogP contribution is -2.24. The molecule has 1 aliphatic heterocycles. The van der Waals surface area contributed by atoms with Crippen molar-refractivity contribution in [3.63, 3.8) is 0 Å². The molecule has 1 heterocycles. The predicted molar refractivity (Wildman–Crippen MR) is 92.0 cm³/mol. The van der Waals surface area contributed by atoms with Gasteiger partial charge in [-0.15, -0.1) is 0 Å². The lowest BCUT2D eigenvalue weighted by molar-refractivity contribution is -0.165. The summed E-state index contributed by atoms with van der Waals surface area (Å²) in [6.07, 6.45) is 3.28. The second-order valence-electron chi connectivity index (χ2n) is 5.40. The van der Waals surface area contributed by atoms with Gasteiger partial charge in [0.1, 0.15) is 12.4 Å². The van der Waals surface area contributed by atoms with Gasteiger partial charge >= 0.3 is 0 Å². The smallest absolute Gasteiger partial charge is 0.157 e. The molecule has 0 saturated carbocycles. The first kappa shape index (κ1) is 16.4. The van der Waals surface area contributed by atoms with E-state index in [-0.39, 0.29) is 6.29 Å². The zero-order valence-electron chi connectivity index (χ0n) is 13.1. The van der Waals surface area contributed by atoms with Gasteiger partial charge in [-0.3, -0.25) is 0 Å². The molecule has 2 aromatic rings. The van der Waals surface area contributed by atoms with E-state index in [1.807, 2.05) is 18.2 Å². The van der Waals surface area contributed by atoms with Crippen LogP contribution in [0.5, 0.6) is 5.75 Å². The maximum atomic E-state index is 5.71. The summed E-state index contributed by atoms with van der Waals surface area (Å²) in [5.41, 5.74) is 0. The standard InChI is InChI=1S/C19H22O3S/c1-2-6-17(7-3-1)23-18-11-9-16(10-12-18)20-14-15-22-19-8-4-5-13-21-19/h1-3,6-7,9-12,19H,4-5,8,13-15H2/t19-/m1/s1. The molecule has 23 heavy (non-hydrogen) atoms. The van der Waals surface area contributed by atoms with Crippen molar-refractivity contribution in [1.82, 2.24) is 0 Å². The third-order valence-electron chi connectivity index (χ3n) is 3.60. The van der Waals surface area contributed by atoms with Gasteiger partial charge in [-0.2, -0.15) is 0 Å². The molecule has 1 aliphatic rings. The van der Waals surface area contributed by atoms with Gasteiger partial charge in [0, 0.05) is 16.4 Å². The lowest BCUT2D eigenvalue weighted by Gasteiger charge is -2.22. The average Bonchev–Trinajstić information content (AvgIpc) is 2.62. The van der Waals surface area contributed by atoms with E-state index in [1.165, 1.54) is 16.2 Å². The minimum Gasteiger partial charge on any atom is -0.491 e. The lowest BCUT2D eigenvalue weighted by atomic mass is 10.2. The van der Waals surface area contributed by atoms with Gasteiger partial charge in [-0.25, -0.2) is 0 Å². The first-order valence-corrected chi connectivity index (χ1v) is 8.91. The van der Waals surface area contributed by atoms with Gasteiger partial charge in [-0.1, -0.05) is 30.0 Å². The molecule has 1 atom stereocenters. The van der Waals surface area contributed by atoms with E-state index in [9.17, 15) is 0 Å². The number of ether oxygens (including phenoxy) is 3. The van der Waals surface area contributed by atoms with Crippen LogP contribution in [0.3, 0.4) is 0 Å². The molecule has 0 aromatic heterocycles. The summed E-state index contributed by atoms with van der Waals surface area (Å²) in [6, 6.07) is 18.5. The molecule has 0 unspecified atom stereocenters. The normalized spacial score (nSPS) is 17.8. The Bertz CT molecular complexity index is 565. The van der Waals surface area contributed by atoms with Crippen molar-refractivity contribution < 1.29 is 14.2 Å². The fourth-order valence-corrected chi connectivity index (χ4v) is 3.25. The van der Waals surface area contributed by atoms with E-state index in [1.54, 1.807) is 11.8 Å². The van der Waals surface area contributed by atoms with E-state index >= 15 is 0 Å². The molecule has 4 heteroatoms. The molecule has 3 rings (SSSR count). The van der Waals surface area contributed by atoms with Crippen LogP contribution in [0.2, 0.25) is 0 Å². The zero-order valence-corrected chi connectivity index (χ0v) is 14.0. The zero-order chi connectivity index (χ0) is 15.7. The Morgan fingerprint density at radius 3 is 2.43 bits per heavy atom. The van der Waals surface area contributed by atoms with Gasteiger partial charge in [0.05, 0.1) is 6.61 Å². The second-order valence-corrected chi connectivity index (χ2v) is 6.55. The fourth-order valence-electron chi connectivity index (χ4n) is 2.41. The van der Waals surface area contributed by atoms with Crippen LogP contribution in [0.25, 0.3) is 0 Å². The molecule has 3 nitrogen and oxygen atoms in total. The first-order valence-electron chi connectivity index (χ1n) is 8.09. The van der Waals surface area contributed by atoms with E-state index in [0.29, 0.717) is 13.2 Å². The van der Waals surface area contributed by atoms with E-state index < -0.39 is 0 Å².